The lowest BCUT2D eigenvalue weighted by molar-refractivity contribution is -0.834. The molecule has 2 unspecified atom stereocenters. The standard InChI is InChI=1S/C25H34FN7O5/c1-15-9-17(7-8-19(15)26)11-27-21(34)20-22(35)33(38)14-31-12-18(10-16-5-6-16)13-32(25(31)28-20)30(4)24(37)23(36)29(2)3/h7-9,16,18,33,35H,5-6,10-14H2,1-4H3,(H,27,34). The molecule has 0 spiro atoms. The number of guanidine groups is 1. The van der Waals surface area contributed by atoms with E-state index >= 15 is 0 Å². The minimum atomic E-state index is -0.800. The van der Waals surface area contributed by atoms with Gasteiger partial charge in [0.2, 0.25) is 11.7 Å². The maximum Gasteiger partial charge on any atom is 0.330 e. The van der Waals surface area contributed by atoms with Gasteiger partial charge in [0, 0.05) is 40.8 Å². The summed E-state index contributed by atoms with van der Waals surface area (Å²) in [6.07, 6.45) is 3.15. The monoisotopic (exact) mass is 531 g/mol. The summed E-state index contributed by atoms with van der Waals surface area (Å²) in [6.45, 7) is 2.20. The third kappa shape index (κ3) is 5.89. The van der Waals surface area contributed by atoms with Gasteiger partial charge in [-0.05, 0) is 42.4 Å². The van der Waals surface area contributed by atoms with Crippen molar-refractivity contribution in [1.29, 1.82) is 0 Å². The summed E-state index contributed by atoms with van der Waals surface area (Å²) < 4.78 is 13.6. The Balaban J connectivity index is 1.62. The number of amides is 3. The Morgan fingerprint density at radius 3 is 2.53 bits per heavy atom. The number of hydrogen-bond donors (Lipinski definition) is 3. The SMILES string of the molecule is Cc1cc(CNC(=O)C2=C(O)[NH+]([O-])CN3CC(CC4CC4)CN(N(C)C(=O)C(=O)N(C)C)C3=N2)ccc1F. The summed E-state index contributed by atoms with van der Waals surface area (Å²) in [6, 6.07) is 4.40. The van der Waals surface area contributed by atoms with Crippen molar-refractivity contribution in [2.24, 2.45) is 16.8 Å². The molecule has 2 atom stereocenters. The van der Waals surface area contributed by atoms with Gasteiger partial charge in [-0.25, -0.2) is 9.40 Å². The highest BCUT2D eigenvalue weighted by Gasteiger charge is 2.41. The third-order valence-electron chi connectivity index (χ3n) is 6.96. The van der Waals surface area contributed by atoms with Gasteiger partial charge < -0.3 is 20.5 Å². The molecule has 2 heterocycles. The van der Waals surface area contributed by atoms with E-state index in [0.29, 0.717) is 30.1 Å². The topological polar surface area (TPSA) is 136 Å². The maximum atomic E-state index is 13.6. The lowest BCUT2D eigenvalue weighted by Gasteiger charge is -2.45. The molecule has 2 fully saturated rings. The second-order valence-corrected chi connectivity index (χ2v) is 10.3. The van der Waals surface area contributed by atoms with Crippen LogP contribution >= 0.6 is 0 Å². The van der Waals surface area contributed by atoms with Gasteiger partial charge in [-0.1, -0.05) is 25.0 Å². The fraction of sp³-hybridized carbons (Fsp3) is 0.520. The van der Waals surface area contributed by atoms with Crippen LogP contribution in [0.25, 0.3) is 0 Å². The number of benzene rings is 1. The number of aryl methyl sites for hydroxylation is 1. The maximum absolute atomic E-state index is 13.6. The molecule has 38 heavy (non-hydrogen) atoms. The summed E-state index contributed by atoms with van der Waals surface area (Å²) in [5, 5.41) is 28.1. The molecule has 3 amide bonds. The molecule has 4 rings (SSSR count). The van der Waals surface area contributed by atoms with E-state index in [2.05, 4.69) is 10.3 Å². The highest BCUT2D eigenvalue weighted by molar-refractivity contribution is 6.34. The molecular formula is C25H34FN7O5. The van der Waals surface area contributed by atoms with Crippen molar-refractivity contribution < 1.29 is 28.9 Å². The third-order valence-corrected chi connectivity index (χ3v) is 6.96. The zero-order chi connectivity index (χ0) is 27.7. The van der Waals surface area contributed by atoms with Gasteiger partial charge in [0.15, 0.2) is 6.67 Å². The van der Waals surface area contributed by atoms with Crippen LogP contribution in [0.5, 0.6) is 0 Å². The first-order valence-corrected chi connectivity index (χ1v) is 12.6. The fourth-order valence-electron chi connectivity index (χ4n) is 4.65. The van der Waals surface area contributed by atoms with E-state index in [-0.39, 0.29) is 30.9 Å². The van der Waals surface area contributed by atoms with Gasteiger partial charge in [0.05, 0.1) is 0 Å². The van der Waals surface area contributed by atoms with Crippen LogP contribution in [0, 0.1) is 29.8 Å². The van der Waals surface area contributed by atoms with Crippen molar-refractivity contribution >= 4 is 23.7 Å². The number of hydroxylamine groups is 2. The number of carbonyl (C=O) groups excluding carboxylic acids is 3. The zero-order valence-electron chi connectivity index (χ0n) is 22.0. The van der Waals surface area contributed by atoms with Crippen molar-refractivity contribution in [3.05, 3.63) is 51.9 Å². The number of quaternary nitrogens is 1. The first kappa shape index (κ1) is 27.3. The molecule has 13 heteroatoms. The van der Waals surface area contributed by atoms with Crippen LogP contribution in [-0.4, -0.2) is 89.5 Å². The number of carbonyl (C=O) groups is 3. The summed E-state index contributed by atoms with van der Waals surface area (Å²) in [5.41, 5.74) is 0.552. The number of likely N-dealkylation sites (N-methyl/N-ethyl adjacent to an activating group) is 2. The van der Waals surface area contributed by atoms with E-state index in [1.807, 2.05) is 0 Å². The fourth-order valence-corrected chi connectivity index (χ4v) is 4.65. The van der Waals surface area contributed by atoms with Crippen molar-refractivity contribution in [1.82, 2.24) is 25.1 Å². The largest absolute Gasteiger partial charge is 0.625 e. The highest BCUT2D eigenvalue weighted by atomic mass is 19.1. The number of rotatable bonds is 6. The first-order chi connectivity index (χ1) is 18.0. The van der Waals surface area contributed by atoms with Crippen molar-refractivity contribution in [2.75, 3.05) is 40.9 Å². The van der Waals surface area contributed by atoms with E-state index in [1.54, 1.807) is 17.9 Å². The van der Waals surface area contributed by atoms with E-state index in [4.69, 9.17) is 0 Å². The minimum absolute atomic E-state index is 0.0163. The van der Waals surface area contributed by atoms with Crippen LogP contribution in [0.1, 0.15) is 30.4 Å². The molecule has 3 N–H and O–H groups in total. The molecule has 1 aliphatic carbocycles. The highest BCUT2D eigenvalue weighted by Crippen LogP contribution is 2.37. The van der Waals surface area contributed by atoms with Gasteiger partial charge >= 0.3 is 17.7 Å². The molecule has 3 aliphatic rings. The van der Waals surface area contributed by atoms with E-state index in [1.165, 1.54) is 43.2 Å². The Morgan fingerprint density at radius 1 is 1.18 bits per heavy atom. The van der Waals surface area contributed by atoms with Crippen LogP contribution in [0.15, 0.2) is 34.8 Å². The van der Waals surface area contributed by atoms with Gasteiger partial charge in [0.25, 0.3) is 5.91 Å². The molecule has 0 aromatic heterocycles. The molecule has 0 bridgehead atoms. The second-order valence-electron chi connectivity index (χ2n) is 10.3. The number of nitrogens with zero attached hydrogens (tertiary/aromatic N) is 5. The summed E-state index contributed by atoms with van der Waals surface area (Å²) in [5.74, 6) is -2.70. The predicted octanol–water partition coefficient (Wildman–Crippen LogP) is -0.317. The number of hydrogen-bond acceptors (Lipinski definition) is 8. The van der Waals surface area contributed by atoms with E-state index < -0.39 is 34.4 Å². The molecular weight excluding hydrogens is 497 g/mol. The first-order valence-electron chi connectivity index (χ1n) is 12.6. The predicted molar refractivity (Wildman–Crippen MR) is 135 cm³/mol. The molecule has 1 saturated heterocycles. The molecule has 0 radical (unpaired) electrons. The number of fused-ring (bicyclic) bond motifs is 1. The smallest absolute Gasteiger partial charge is 0.330 e. The van der Waals surface area contributed by atoms with Gasteiger partial charge in [0.1, 0.15) is 5.82 Å². The lowest BCUT2D eigenvalue weighted by atomic mass is 9.99. The van der Waals surface area contributed by atoms with Gasteiger partial charge in [-0.2, -0.15) is 4.99 Å². The Bertz CT molecular complexity index is 1180. The van der Waals surface area contributed by atoms with Crippen molar-refractivity contribution in [2.45, 2.75) is 32.7 Å². The molecule has 1 saturated carbocycles. The van der Waals surface area contributed by atoms with Crippen LogP contribution in [0.3, 0.4) is 0 Å². The number of nitrogens with one attached hydrogen (secondary N) is 2. The number of aliphatic imine (C=N–C) groups is 1. The number of hydrazine groups is 1. The molecule has 2 aliphatic heterocycles. The minimum Gasteiger partial charge on any atom is -0.625 e. The Hall–Kier alpha value is -3.71. The normalized spacial score (nSPS) is 21.4. The summed E-state index contributed by atoms with van der Waals surface area (Å²) >= 11 is 0. The van der Waals surface area contributed by atoms with Crippen LogP contribution in [0.4, 0.5) is 4.39 Å². The lowest BCUT2D eigenvalue weighted by Crippen LogP contribution is -3.07. The van der Waals surface area contributed by atoms with Crippen molar-refractivity contribution in [3.63, 3.8) is 0 Å². The Kier molecular flexibility index (Phi) is 7.88. The Labute approximate surface area is 220 Å². The van der Waals surface area contributed by atoms with Crippen molar-refractivity contribution in [3.8, 4) is 0 Å². The summed E-state index contributed by atoms with van der Waals surface area (Å²) in [4.78, 5) is 45.6. The summed E-state index contributed by atoms with van der Waals surface area (Å²) in [7, 11) is 4.39. The van der Waals surface area contributed by atoms with Crippen LogP contribution < -0.4 is 10.4 Å². The zero-order valence-corrected chi connectivity index (χ0v) is 22.0. The second kappa shape index (κ2) is 11.0. The number of halogens is 1. The molecule has 206 valence electrons. The molecule has 1 aromatic rings. The van der Waals surface area contributed by atoms with E-state index in [0.717, 1.165) is 24.3 Å². The molecule has 12 nitrogen and oxygen atoms in total. The van der Waals surface area contributed by atoms with E-state index in [9.17, 15) is 29.1 Å². The Morgan fingerprint density at radius 2 is 1.89 bits per heavy atom. The quantitative estimate of drug-likeness (QED) is 0.338. The van der Waals surface area contributed by atoms with Crippen LogP contribution in [0.2, 0.25) is 0 Å². The number of aliphatic hydroxyl groups excluding tert-OH is 1. The number of aliphatic hydroxyl groups is 1. The van der Waals surface area contributed by atoms with Crippen LogP contribution in [-0.2, 0) is 20.9 Å². The molecule has 1 aromatic carbocycles. The average Bonchev–Trinajstić information content (AvgIpc) is 3.71. The van der Waals surface area contributed by atoms with Gasteiger partial charge in [-0.15, -0.1) is 0 Å². The van der Waals surface area contributed by atoms with Gasteiger partial charge in [-0.3, -0.25) is 29.4 Å². The average molecular weight is 532 g/mol.